The highest BCUT2D eigenvalue weighted by Crippen LogP contribution is 2.23. The fourth-order valence-corrected chi connectivity index (χ4v) is 4.22. The van der Waals surface area contributed by atoms with Gasteiger partial charge in [-0.15, -0.1) is 17.7 Å². The SMILES string of the molecule is CCCCCN(CCCC#CC(C)(C)C)CCNC(=O)CSc1ccc2ccccc2c1. The summed E-state index contributed by atoms with van der Waals surface area (Å²) in [5.41, 5.74) is 0.0793. The molecule has 174 valence electrons. The van der Waals surface area contributed by atoms with E-state index in [1.54, 1.807) is 11.8 Å². The predicted molar refractivity (Wildman–Crippen MR) is 140 cm³/mol. The normalized spacial score (nSPS) is 11.4. The number of rotatable bonds is 13. The van der Waals surface area contributed by atoms with E-state index in [0.717, 1.165) is 37.4 Å². The fraction of sp³-hybridized carbons (Fsp3) is 0.536. The molecule has 3 nitrogen and oxygen atoms in total. The van der Waals surface area contributed by atoms with Crippen molar-refractivity contribution in [1.29, 1.82) is 0 Å². The highest BCUT2D eigenvalue weighted by Gasteiger charge is 2.08. The number of unbranched alkanes of at least 4 members (excludes halogenated alkanes) is 3. The van der Waals surface area contributed by atoms with Crippen molar-refractivity contribution < 1.29 is 4.79 Å². The third kappa shape index (κ3) is 11.1. The molecule has 0 aliphatic carbocycles. The Morgan fingerprint density at radius 3 is 2.50 bits per heavy atom. The number of hydrogen-bond donors (Lipinski definition) is 1. The van der Waals surface area contributed by atoms with Crippen LogP contribution in [-0.4, -0.2) is 42.7 Å². The van der Waals surface area contributed by atoms with E-state index in [4.69, 9.17) is 0 Å². The van der Waals surface area contributed by atoms with Crippen LogP contribution in [0.3, 0.4) is 0 Å². The van der Waals surface area contributed by atoms with E-state index in [1.165, 1.54) is 30.0 Å². The van der Waals surface area contributed by atoms with Crippen LogP contribution in [0, 0.1) is 17.3 Å². The van der Waals surface area contributed by atoms with Crippen LogP contribution in [0.15, 0.2) is 47.4 Å². The zero-order chi connectivity index (χ0) is 23.2. The lowest BCUT2D eigenvalue weighted by Crippen LogP contribution is -2.36. The molecule has 1 amide bonds. The lowest BCUT2D eigenvalue weighted by atomic mass is 9.98. The number of hydrogen-bond acceptors (Lipinski definition) is 3. The van der Waals surface area contributed by atoms with E-state index < -0.39 is 0 Å². The van der Waals surface area contributed by atoms with Crippen molar-refractivity contribution in [2.75, 3.05) is 31.9 Å². The van der Waals surface area contributed by atoms with Gasteiger partial charge in [-0.3, -0.25) is 4.79 Å². The molecule has 2 aromatic carbocycles. The molecule has 0 heterocycles. The first-order valence-electron chi connectivity index (χ1n) is 12.0. The summed E-state index contributed by atoms with van der Waals surface area (Å²) in [6, 6.07) is 14.7. The molecule has 2 rings (SSSR count). The standard InChI is InChI=1S/C28H40N2OS/c1-5-6-11-19-30(20-12-7-10-17-28(2,3)4)21-18-29-27(31)23-32-26-16-15-24-13-8-9-14-25(24)22-26/h8-9,13-16,22H,5-7,11-12,18-21,23H2,1-4H3,(H,29,31). The maximum Gasteiger partial charge on any atom is 0.230 e. The number of benzene rings is 2. The van der Waals surface area contributed by atoms with Gasteiger partial charge in [0.15, 0.2) is 0 Å². The Morgan fingerprint density at radius 1 is 1.00 bits per heavy atom. The molecule has 0 saturated carbocycles. The lowest BCUT2D eigenvalue weighted by molar-refractivity contribution is -0.118. The number of carbonyl (C=O) groups excluding carboxylic acids is 1. The van der Waals surface area contributed by atoms with Gasteiger partial charge in [0.25, 0.3) is 0 Å². The summed E-state index contributed by atoms with van der Waals surface area (Å²) in [5.74, 6) is 7.19. The number of fused-ring (bicyclic) bond motifs is 1. The van der Waals surface area contributed by atoms with Gasteiger partial charge in [-0.2, -0.15) is 0 Å². The van der Waals surface area contributed by atoms with Gasteiger partial charge < -0.3 is 10.2 Å². The van der Waals surface area contributed by atoms with Gasteiger partial charge in [-0.1, -0.05) is 56.0 Å². The Morgan fingerprint density at radius 2 is 1.75 bits per heavy atom. The summed E-state index contributed by atoms with van der Waals surface area (Å²) in [6.45, 7) is 12.4. The molecule has 0 bridgehead atoms. The summed E-state index contributed by atoms with van der Waals surface area (Å²) in [6.07, 6.45) is 5.73. The van der Waals surface area contributed by atoms with Gasteiger partial charge in [0.2, 0.25) is 5.91 Å². The summed E-state index contributed by atoms with van der Waals surface area (Å²) >= 11 is 1.60. The fourth-order valence-electron chi connectivity index (χ4n) is 3.45. The van der Waals surface area contributed by atoms with Gasteiger partial charge in [0, 0.05) is 29.8 Å². The molecular formula is C28H40N2OS. The topological polar surface area (TPSA) is 32.3 Å². The molecule has 0 unspecified atom stereocenters. The first kappa shape index (κ1) is 26.3. The molecule has 4 heteroatoms. The summed E-state index contributed by atoms with van der Waals surface area (Å²) in [4.78, 5) is 16.0. The molecule has 0 atom stereocenters. The maximum absolute atomic E-state index is 12.3. The summed E-state index contributed by atoms with van der Waals surface area (Å²) in [5, 5.41) is 5.55. The van der Waals surface area contributed by atoms with E-state index in [9.17, 15) is 4.79 Å². The van der Waals surface area contributed by atoms with E-state index in [-0.39, 0.29) is 11.3 Å². The average Bonchev–Trinajstić information content (AvgIpc) is 2.76. The quantitative estimate of drug-likeness (QED) is 0.218. The maximum atomic E-state index is 12.3. The Balaban J connectivity index is 1.71. The number of nitrogens with zero attached hydrogens (tertiary/aromatic N) is 1. The number of thioether (sulfide) groups is 1. The molecular weight excluding hydrogens is 412 g/mol. The van der Waals surface area contributed by atoms with Crippen LogP contribution in [0.1, 0.15) is 59.8 Å². The highest BCUT2D eigenvalue weighted by molar-refractivity contribution is 8.00. The van der Waals surface area contributed by atoms with E-state index in [0.29, 0.717) is 12.3 Å². The van der Waals surface area contributed by atoms with Crippen molar-refractivity contribution >= 4 is 28.4 Å². The summed E-state index contributed by atoms with van der Waals surface area (Å²) in [7, 11) is 0. The number of amides is 1. The molecule has 32 heavy (non-hydrogen) atoms. The van der Waals surface area contributed by atoms with Crippen LogP contribution >= 0.6 is 11.8 Å². The van der Waals surface area contributed by atoms with Gasteiger partial charge in [-0.25, -0.2) is 0 Å². The van der Waals surface area contributed by atoms with Gasteiger partial charge in [0.1, 0.15) is 0 Å². The van der Waals surface area contributed by atoms with Crippen molar-refractivity contribution in [3.63, 3.8) is 0 Å². The van der Waals surface area contributed by atoms with Crippen LogP contribution in [0.5, 0.6) is 0 Å². The molecule has 0 saturated heterocycles. The first-order valence-corrected chi connectivity index (χ1v) is 13.0. The molecule has 0 aliphatic rings. The molecule has 1 N–H and O–H groups in total. The number of carbonyl (C=O) groups is 1. The van der Waals surface area contributed by atoms with Gasteiger partial charge in [0.05, 0.1) is 5.75 Å². The molecule has 0 aromatic heterocycles. The second-order valence-electron chi connectivity index (χ2n) is 9.35. The Labute approximate surface area is 199 Å². The third-order valence-corrected chi connectivity index (χ3v) is 6.15. The molecule has 0 aliphatic heterocycles. The van der Waals surface area contributed by atoms with Crippen molar-refractivity contribution in [3.8, 4) is 11.8 Å². The predicted octanol–water partition coefficient (Wildman–Crippen LogP) is 6.37. The van der Waals surface area contributed by atoms with E-state index >= 15 is 0 Å². The molecule has 0 fully saturated rings. The zero-order valence-electron chi connectivity index (χ0n) is 20.4. The minimum Gasteiger partial charge on any atom is -0.354 e. The van der Waals surface area contributed by atoms with Crippen molar-refractivity contribution in [1.82, 2.24) is 10.2 Å². The molecule has 0 spiro atoms. The second kappa shape index (κ2) is 14.2. The van der Waals surface area contributed by atoms with Crippen molar-refractivity contribution in [2.45, 2.75) is 64.7 Å². The highest BCUT2D eigenvalue weighted by atomic mass is 32.2. The van der Waals surface area contributed by atoms with Crippen LogP contribution < -0.4 is 5.32 Å². The van der Waals surface area contributed by atoms with Gasteiger partial charge >= 0.3 is 0 Å². The lowest BCUT2D eigenvalue weighted by Gasteiger charge is -2.22. The van der Waals surface area contributed by atoms with Crippen LogP contribution in [0.4, 0.5) is 0 Å². The minimum atomic E-state index is 0.0793. The van der Waals surface area contributed by atoms with Crippen LogP contribution in [0.2, 0.25) is 0 Å². The van der Waals surface area contributed by atoms with Crippen molar-refractivity contribution in [3.05, 3.63) is 42.5 Å². The second-order valence-corrected chi connectivity index (χ2v) is 10.4. The third-order valence-electron chi connectivity index (χ3n) is 5.16. The average molecular weight is 453 g/mol. The van der Waals surface area contributed by atoms with E-state index in [1.807, 2.05) is 12.1 Å². The first-order chi connectivity index (χ1) is 15.4. The molecule has 2 aromatic rings. The Kier molecular flexibility index (Phi) is 11.7. The van der Waals surface area contributed by atoms with Crippen LogP contribution in [0.25, 0.3) is 10.8 Å². The summed E-state index contributed by atoms with van der Waals surface area (Å²) < 4.78 is 0. The molecule has 0 radical (unpaired) electrons. The monoisotopic (exact) mass is 452 g/mol. The zero-order valence-corrected chi connectivity index (χ0v) is 21.2. The Bertz CT molecular complexity index is 891. The van der Waals surface area contributed by atoms with Gasteiger partial charge in [-0.05, 0) is 69.6 Å². The minimum absolute atomic E-state index is 0.0793. The van der Waals surface area contributed by atoms with Crippen molar-refractivity contribution in [2.24, 2.45) is 5.41 Å². The van der Waals surface area contributed by atoms with Crippen LogP contribution in [-0.2, 0) is 4.79 Å². The van der Waals surface area contributed by atoms with E-state index in [2.05, 4.69) is 80.1 Å². The Hall–Kier alpha value is -1.96. The largest absolute Gasteiger partial charge is 0.354 e. The number of nitrogens with one attached hydrogen (secondary N) is 1. The smallest absolute Gasteiger partial charge is 0.230 e.